The topological polar surface area (TPSA) is 55.1 Å². The minimum absolute atomic E-state index is 0.336. The number of hydrogen-bond acceptors (Lipinski definition) is 2. The van der Waals surface area contributed by atoms with Crippen molar-refractivity contribution < 1.29 is 14.3 Å². The van der Waals surface area contributed by atoms with E-state index in [2.05, 4.69) is 5.10 Å². The van der Waals surface area contributed by atoms with Gasteiger partial charge in [-0.25, -0.2) is 4.39 Å². The van der Waals surface area contributed by atoms with E-state index in [0.29, 0.717) is 11.3 Å². The van der Waals surface area contributed by atoms with Gasteiger partial charge >= 0.3 is 5.97 Å². The van der Waals surface area contributed by atoms with Gasteiger partial charge in [-0.2, -0.15) is 5.10 Å². The maximum Gasteiger partial charge on any atom is 0.306 e. The first kappa shape index (κ1) is 10.7. The molecular weight excluding hydrogens is 187 g/mol. The van der Waals surface area contributed by atoms with E-state index < -0.39 is 18.1 Å². The van der Waals surface area contributed by atoms with Gasteiger partial charge in [0.25, 0.3) is 0 Å². The van der Waals surface area contributed by atoms with Crippen molar-refractivity contribution in [3.63, 3.8) is 0 Å². The van der Waals surface area contributed by atoms with Crippen LogP contribution in [0.1, 0.15) is 24.6 Å². The zero-order valence-corrected chi connectivity index (χ0v) is 8.41. The molecule has 1 heterocycles. The van der Waals surface area contributed by atoms with Crippen LogP contribution in [-0.4, -0.2) is 20.9 Å². The monoisotopic (exact) mass is 200 g/mol. The quantitative estimate of drug-likeness (QED) is 0.802. The second kappa shape index (κ2) is 3.40. The van der Waals surface area contributed by atoms with Gasteiger partial charge in [0, 0.05) is 18.3 Å². The van der Waals surface area contributed by atoms with Gasteiger partial charge in [0.1, 0.15) is 5.67 Å². The maximum absolute atomic E-state index is 13.9. The fourth-order valence-corrected chi connectivity index (χ4v) is 1.39. The van der Waals surface area contributed by atoms with E-state index in [9.17, 15) is 9.18 Å². The predicted molar refractivity (Wildman–Crippen MR) is 48.7 cm³/mol. The highest BCUT2D eigenvalue weighted by Crippen LogP contribution is 2.31. The first-order valence-corrected chi connectivity index (χ1v) is 4.24. The van der Waals surface area contributed by atoms with Crippen molar-refractivity contribution in [3.05, 3.63) is 17.5 Å². The molecule has 1 aromatic heterocycles. The molecule has 1 atom stereocenters. The van der Waals surface area contributed by atoms with Gasteiger partial charge in [-0.15, -0.1) is 0 Å². The summed E-state index contributed by atoms with van der Waals surface area (Å²) in [5, 5.41) is 12.4. The lowest BCUT2D eigenvalue weighted by Gasteiger charge is -2.17. The van der Waals surface area contributed by atoms with Crippen LogP contribution in [0.2, 0.25) is 0 Å². The lowest BCUT2D eigenvalue weighted by molar-refractivity contribution is -0.140. The maximum atomic E-state index is 13.9. The van der Waals surface area contributed by atoms with E-state index in [1.807, 2.05) is 0 Å². The number of rotatable bonds is 3. The molecule has 5 heteroatoms. The molecule has 1 aromatic rings. The van der Waals surface area contributed by atoms with E-state index >= 15 is 0 Å². The molecule has 0 aliphatic carbocycles. The summed E-state index contributed by atoms with van der Waals surface area (Å²) in [5.41, 5.74) is -0.872. The van der Waals surface area contributed by atoms with Crippen molar-refractivity contribution in [2.45, 2.75) is 25.9 Å². The van der Waals surface area contributed by atoms with E-state index in [1.54, 1.807) is 14.0 Å². The molecule has 0 aliphatic heterocycles. The summed E-state index contributed by atoms with van der Waals surface area (Å²) < 4.78 is 15.4. The minimum atomic E-state index is -1.86. The third-order valence-electron chi connectivity index (χ3n) is 2.28. The zero-order valence-electron chi connectivity index (χ0n) is 8.41. The Morgan fingerprint density at radius 3 is 2.71 bits per heavy atom. The van der Waals surface area contributed by atoms with Crippen LogP contribution in [0.5, 0.6) is 0 Å². The number of aliphatic carboxylic acids is 1. The molecule has 0 aliphatic rings. The molecule has 1 N–H and O–H groups in total. The SMILES string of the molecule is Cc1c(C(C)(F)CC(=O)O)cnn1C. The van der Waals surface area contributed by atoms with Gasteiger partial charge in [0.05, 0.1) is 12.6 Å². The Kier molecular flexibility index (Phi) is 2.59. The molecule has 0 bridgehead atoms. The number of nitrogens with zero attached hydrogens (tertiary/aromatic N) is 2. The summed E-state index contributed by atoms with van der Waals surface area (Å²) in [4.78, 5) is 10.4. The summed E-state index contributed by atoms with van der Waals surface area (Å²) in [5.74, 6) is -1.15. The molecule has 0 spiro atoms. The molecule has 4 nitrogen and oxygen atoms in total. The summed E-state index contributed by atoms with van der Waals surface area (Å²) >= 11 is 0. The molecule has 1 unspecified atom stereocenters. The number of aromatic nitrogens is 2. The molecule has 0 saturated carbocycles. The second-order valence-corrected chi connectivity index (χ2v) is 3.54. The van der Waals surface area contributed by atoms with Crippen molar-refractivity contribution in [1.82, 2.24) is 9.78 Å². The standard InChI is InChI=1S/C9H13FN2O2/c1-6-7(5-11-12(6)3)9(2,10)4-8(13)14/h5H,4H2,1-3H3,(H,13,14). The molecule has 0 radical (unpaired) electrons. The molecule has 1 rings (SSSR count). The van der Waals surface area contributed by atoms with Crippen LogP contribution in [0, 0.1) is 6.92 Å². The van der Waals surface area contributed by atoms with Gasteiger partial charge < -0.3 is 5.11 Å². The summed E-state index contributed by atoms with van der Waals surface area (Å²) in [6, 6.07) is 0. The first-order valence-electron chi connectivity index (χ1n) is 4.24. The van der Waals surface area contributed by atoms with Crippen molar-refractivity contribution in [2.24, 2.45) is 7.05 Å². The van der Waals surface area contributed by atoms with E-state index in [1.165, 1.54) is 17.8 Å². The highest BCUT2D eigenvalue weighted by molar-refractivity contribution is 5.68. The Labute approximate surface area is 81.3 Å². The van der Waals surface area contributed by atoms with E-state index in [0.717, 1.165) is 0 Å². The van der Waals surface area contributed by atoms with Crippen LogP contribution in [0.4, 0.5) is 4.39 Å². The lowest BCUT2D eigenvalue weighted by atomic mass is 9.95. The molecule has 78 valence electrons. The minimum Gasteiger partial charge on any atom is -0.481 e. The Balaban J connectivity index is 3.03. The average Bonchev–Trinajstić information content (AvgIpc) is 2.30. The number of halogens is 1. The molecule has 0 amide bonds. The van der Waals surface area contributed by atoms with Crippen LogP contribution in [0.15, 0.2) is 6.20 Å². The Morgan fingerprint density at radius 2 is 2.36 bits per heavy atom. The van der Waals surface area contributed by atoms with E-state index in [4.69, 9.17) is 5.11 Å². The van der Waals surface area contributed by atoms with Gasteiger partial charge in [0.2, 0.25) is 0 Å². The van der Waals surface area contributed by atoms with E-state index in [-0.39, 0.29) is 0 Å². The van der Waals surface area contributed by atoms with Crippen molar-refractivity contribution in [2.75, 3.05) is 0 Å². The van der Waals surface area contributed by atoms with Gasteiger partial charge in [0.15, 0.2) is 0 Å². The van der Waals surface area contributed by atoms with Crippen molar-refractivity contribution >= 4 is 5.97 Å². The lowest BCUT2D eigenvalue weighted by Crippen LogP contribution is -2.20. The third-order valence-corrected chi connectivity index (χ3v) is 2.28. The Bertz CT molecular complexity index is 358. The van der Waals surface area contributed by atoms with Crippen LogP contribution >= 0.6 is 0 Å². The number of hydrogen-bond donors (Lipinski definition) is 1. The van der Waals surface area contributed by atoms with Crippen LogP contribution in [-0.2, 0) is 17.5 Å². The van der Waals surface area contributed by atoms with Gasteiger partial charge in [-0.05, 0) is 13.8 Å². The average molecular weight is 200 g/mol. The molecule has 0 fully saturated rings. The number of aryl methyl sites for hydroxylation is 1. The number of alkyl halides is 1. The largest absolute Gasteiger partial charge is 0.481 e. The third kappa shape index (κ3) is 1.92. The summed E-state index contributed by atoms with van der Waals surface area (Å²) in [6.07, 6.45) is 0.831. The fraction of sp³-hybridized carbons (Fsp3) is 0.556. The predicted octanol–water partition coefficient (Wildman–Crippen LogP) is 1.39. The molecule has 0 aromatic carbocycles. The van der Waals surface area contributed by atoms with Crippen LogP contribution in [0.25, 0.3) is 0 Å². The van der Waals surface area contributed by atoms with Crippen LogP contribution < -0.4 is 0 Å². The van der Waals surface area contributed by atoms with Crippen molar-refractivity contribution in [3.8, 4) is 0 Å². The number of carboxylic acids is 1. The Hall–Kier alpha value is -1.39. The molecular formula is C9H13FN2O2. The number of carbonyl (C=O) groups is 1. The second-order valence-electron chi connectivity index (χ2n) is 3.54. The van der Waals surface area contributed by atoms with Crippen molar-refractivity contribution in [1.29, 1.82) is 0 Å². The molecule has 14 heavy (non-hydrogen) atoms. The fourth-order valence-electron chi connectivity index (χ4n) is 1.39. The summed E-state index contributed by atoms with van der Waals surface area (Å²) in [6.45, 7) is 2.97. The number of carboxylic acid groups (broad SMARTS) is 1. The van der Waals surface area contributed by atoms with Gasteiger partial charge in [-0.3, -0.25) is 9.48 Å². The molecule has 0 saturated heterocycles. The van der Waals surface area contributed by atoms with Crippen LogP contribution in [0.3, 0.4) is 0 Å². The zero-order chi connectivity index (χ0) is 10.9. The Morgan fingerprint density at radius 1 is 1.79 bits per heavy atom. The highest BCUT2D eigenvalue weighted by atomic mass is 19.1. The first-order chi connectivity index (χ1) is 6.34. The smallest absolute Gasteiger partial charge is 0.306 e. The normalized spacial score (nSPS) is 15.1. The van der Waals surface area contributed by atoms with Gasteiger partial charge in [-0.1, -0.05) is 0 Å². The summed E-state index contributed by atoms with van der Waals surface area (Å²) in [7, 11) is 1.69. The highest BCUT2D eigenvalue weighted by Gasteiger charge is 2.32.